The predicted molar refractivity (Wildman–Crippen MR) is 69.5 cm³/mol. The Morgan fingerprint density at radius 2 is 2.10 bits per heavy atom. The molecule has 0 aliphatic heterocycles. The van der Waals surface area contributed by atoms with Crippen molar-refractivity contribution in [2.24, 2.45) is 5.92 Å². The standard InChI is InChI=1S/C13H15F2NO3S/c1-4-19-12(18)10-8(9(17)6(2)3)16-11(20-10)7-5-13(7,14)15/h6-7H,4-5H2,1-3H3. The molecule has 4 nitrogen and oxygen atoms in total. The van der Waals surface area contributed by atoms with Crippen LogP contribution in [0.15, 0.2) is 0 Å². The molecular weight excluding hydrogens is 288 g/mol. The molecule has 7 heteroatoms. The number of alkyl halides is 2. The third-order valence-electron chi connectivity index (χ3n) is 2.99. The molecule has 1 heterocycles. The average Bonchev–Trinajstić information content (AvgIpc) is 2.83. The zero-order chi connectivity index (χ0) is 15.1. The van der Waals surface area contributed by atoms with E-state index in [1.165, 1.54) is 0 Å². The van der Waals surface area contributed by atoms with Crippen molar-refractivity contribution in [2.45, 2.75) is 39.0 Å². The Balaban J connectivity index is 2.37. The van der Waals surface area contributed by atoms with Crippen LogP contribution in [0.3, 0.4) is 0 Å². The van der Waals surface area contributed by atoms with Gasteiger partial charge in [0, 0.05) is 12.3 Å². The van der Waals surface area contributed by atoms with Crippen molar-refractivity contribution in [1.82, 2.24) is 4.98 Å². The molecule has 110 valence electrons. The lowest BCUT2D eigenvalue weighted by molar-refractivity contribution is 0.0528. The van der Waals surface area contributed by atoms with E-state index in [0.29, 0.717) is 0 Å². The van der Waals surface area contributed by atoms with E-state index in [9.17, 15) is 18.4 Å². The molecule has 1 fully saturated rings. The largest absolute Gasteiger partial charge is 0.462 e. The summed E-state index contributed by atoms with van der Waals surface area (Å²) in [6, 6.07) is 0. The molecule has 0 saturated heterocycles. The lowest BCUT2D eigenvalue weighted by Crippen LogP contribution is -2.14. The second-order valence-electron chi connectivity index (χ2n) is 4.99. The summed E-state index contributed by atoms with van der Waals surface area (Å²) in [5, 5.41) is 0.141. The number of hydrogen-bond acceptors (Lipinski definition) is 5. The molecule has 1 aliphatic rings. The number of hydrogen-bond donors (Lipinski definition) is 0. The molecule has 2 rings (SSSR count). The molecule has 1 unspecified atom stereocenters. The third kappa shape index (κ3) is 2.72. The first-order valence-electron chi connectivity index (χ1n) is 6.37. The first kappa shape index (κ1) is 15.0. The van der Waals surface area contributed by atoms with Crippen LogP contribution in [0.4, 0.5) is 8.78 Å². The Labute approximate surface area is 119 Å². The number of nitrogens with zero attached hydrogens (tertiary/aromatic N) is 1. The smallest absolute Gasteiger partial charge is 0.350 e. The highest BCUT2D eigenvalue weighted by Gasteiger charge is 2.59. The fraction of sp³-hybridized carbons (Fsp3) is 0.615. The highest BCUT2D eigenvalue weighted by Crippen LogP contribution is 2.56. The van der Waals surface area contributed by atoms with Crippen molar-refractivity contribution in [3.8, 4) is 0 Å². The van der Waals surface area contributed by atoms with Crippen LogP contribution >= 0.6 is 11.3 Å². The van der Waals surface area contributed by atoms with Gasteiger partial charge in [-0.15, -0.1) is 11.3 Å². The van der Waals surface area contributed by atoms with Crippen molar-refractivity contribution in [3.63, 3.8) is 0 Å². The van der Waals surface area contributed by atoms with Crippen molar-refractivity contribution in [1.29, 1.82) is 0 Å². The van der Waals surface area contributed by atoms with Crippen LogP contribution in [0.2, 0.25) is 0 Å². The van der Waals surface area contributed by atoms with Gasteiger partial charge in [-0.1, -0.05) is 13.8 Å². The second kappa shape index (κ2) is 5.20. The molecule has 0 amide bonds. The minimum Gasteiger partial charge on any atom is -0.462 e. The summed E-state index contributed by atoms with van der Waals surface area (Å²) in [4.78, 5) is 27.9. The van der Waals surface area contributed by atoms with Gasteiger partial charge in [0.05, 0.1) is 12.5 Å². The fourth-order valence-corrected chi connectivity index (χ4v) is 2.87. The number of ketones is 1. The molecular formula is C13H15F2NO3S. The van der Waals surface area contributed by atoms with Crippen LogP contribution in [0.1, 0.15) is 58.3 Å². The molecule has 1 aromatic heterocycles. The molecule has 0 N–H and O–H groups in total. The molecule has 0 spiro atoms. The van der Waals surface area contributed by atoms with Crippen molar-refractivity contribution in [2.75, 3.05) is 6.61 Å². The third-order valence-corrected chi connectivity index (χ3v) is 4.14. The van der Waals surface area contributed by atoms with E-state index in [0.717, 1.165) is 11.3 Å². The van der Waals surface area contributed by atoms with Crippen LogP contribution in [0.5, 0.6) is 0 Å². The van der Waals surface area contributed by atoms with Gasteiger partial charge in [-0.2, -0.15) is 0 Å². The van der Waals surface area contributed by atoms with E-state index in [1.54, 1.807) is 20.8 Å². The predicted octanol–water partition coefficient (Wildman–Crippen LogP) is 3.28. The summed E-state index contributed by atoms with van der Waals surface area (Å²) in [5.74, 6) is -5.13. The number of thiazole rings is 1. The number of carbonyl (C=O) groups is 2. The quantitative estimate of drug-likeness (QED) is 0.619. The monoisotopic (exact) mass is 303 g/mol. The fourth-order valence-electron chi connectivity index (χ4n) is 1.74. The van der Waals surface area contributed by atoms with Gasteiger partial charge in [0.15, 0.2) is 5.78 Å². The summed E-state index contributed by atoms with van der Waals surface area (Å²) >= 11 is 0.840. The van der Waals surface area contributed by atoms with Gasteiger partial charge in [0.25, 0.3) is 5.92 Å². The molecule has 0 aromatic carbocycles. The number of esters is 1. The minimum absolute atomic E-state index is 0.0308. The maximum Gasteiger partial charge on any atom is 0.350 e. The molecule has 1 aliphatic carbocycles. The van der Waals surface area contributed by atoms with E-state index in [-0.39, 0.29) is 40.3 Å². The van der Waals surface area contributed by atoms with Crippen molar-refractivity contribution in [3.05, 3.63) is 15.6 Å². The molecule has 1 atom stereocenters. The zero-order valence-electron chi connectivity index (χ0n) is 11.4. The van der Waals surface area contributed by atoms with Gasteiger partial charge in [0.2, 0.25) is 0 Å². The summed E-state index contributed by atoms with van der Waals surface area (Å²) < 4.78 is 31.1. The highest BCUT2D eigenvalue weighted by molar-refractivity contribution is 7.14. The van der Waals surface area contributed by atoms with E-state index in [2.05, 4.69) is 4.98 Å². The van der Waals surface area contributed by atoms with Gasteiger partial charge in [-0.25, -0.2) is 18.6 Å². The van der Waals surface area contributed by atoms with Crippen molar-refractivity contribution < 1.29 is 23.1 Å². The maximum absolute atomic E-state index is 13.1. The first-order valence-corrected chi connectivity index (χ1v) is 7.19. The topological polar surface area (TPSA) is 56.3 Å². The Morgan fingerprint density at radius 3 is 2.55 bits per heavy atom. The zero-order valence-corrected chi connectivity index (χ0v) is 12.2. The summed E-state index contributed by atoms with van der Waals surface area (Å²) in [7, 11) is 0. The van der Waals surface area contributed by atoms with E-state index >= 15 is 0 Å². The van der Waals surface area contributed by atoms with Crippen molar-refractivity contribution >= 4 is 23.1 Å². The van der Waals surface area contributed by atoms with Gasteiger partial charge in [-0.05, 0) is 6.92 Å². The number of halogens is 2. The van der Waals surface area contributed by atoms with E-state index in [4.69, 9.17) is 4.74 Å². The normalized spacial score (nSPS) is 20.0. The number of rotatable bonds is 5. The van der Waals surface area contributed by atoms with Crippen LogP contribution in [0, 0.1) is 5.92 Å². The van der Waals surface area contributed by atoms with Gasteiger partial charge < -0.3 is 4.74 Å². The number of carbonyl (C=O) groups excluding carboxylic acids is 2. The van der Waals surface area contributed by atoms with Crippen LogP contribution < -0.4 is 0 Å². The summed E-state index contributed by atoms with van der Waals surface area (Å²) in [6.07, 6.45) is -0.280. The van der Waals surface area contributed by atoms with E-state index in [1.807, 2.05) is 0 Å². The molecule has 0 bridgehead atoms. The minimum atomic E-state index is -2.78. The lowest BCUT2D eigenvalue weighted by Gasteiger charge is -2.03. The van der Waals surface area contributed by atoms with Gasteiger partial charge >= 0.3 is 5.97 Å². The number of aromatic nitrogens is 1. The molecule has 20 heavy (non-hydrogen) atoms. The van der Waals surface area contributed by atoms with Gasteiger partial charge in [0.1, 0.15) is 15.6 Å². The Morgan fingerprint density at radius 1 is 1.50 bits per heavy atom. The van der Waals surface area contributed by atoms with Crippen LogP contribution in [-0.4, -0.2) is 29.3 Å². The molecule has 1 saturated carbocycles. The number of Topliss-reactive ketones (excluding diaryl/α,β-unsaturated/α-hetero) is 1. The van der Waals surface area contributed by atoms with Crippen LogP contribution in [-0.2, 0) is 4.74 Å². The lowest BCUT2D eigenvalue weighted by atomic mass is 10.1. The Kier molecular flexibility index (Phi) is 3.90. The Hall–Kier alpha value is -1.37. The first-order chi connectivity index (χ1) is 9.27. The highest BCUT2D eigenvalue weighted by atomic mass is 32.1. The SMILES string of the molecule is CCOC(=O)c1sc(C2CC2(F)F)nc1C(=O)C(C)C. The van der Waals surface area contributed by atoms with Crippen LogP contribution in [0.25, 0.3) is 0 Å². The average molecular weight is 303 g/mol. The van der Waals surface area contributed by atoms with Gasteiger partial charge in [-0.3, -0.25) is 4.79 Å². The molecule has 0 radical (unpaired) electrons. The maximum atomic E-state index is 13.1. The van der Waals surface area contributed by atoms with E-state index < -0.39 is 17.8 Å². The second-order valence-corrected chi connectivity index (χ2v) is 6.02. The number of ether oxygens (including phenoxy) is 1. The Bertz CT molecular complexity index is 554. The molecule has 1 aromatic rings. The summed E-state index contributed by atoms with van der Waals surface area (Å²) in [6.45, 7) is 5.13. The summed E-state index contributed by atoms with van der Waals surface area (Å²) in [5.41, 5.74) is -0.0406.